The van der Waals surface area contributed by atoms with Gasteiger partial charge in [-0.2, -0.15) is 0 Å². The van der Waals surface area contributed by atoms with Gasteiger partial charge < -0.3 is 14.2 Å². The van der Waals surface area contributed by atoms with Crippen LogP contribution in [-0.4, -0.2) is 42.8 Å². The van der Waals surface area contributed by atoms with E-state index in [0.29, 0.717) is 27.0 Å². The van der Waals surface area contributed by atoms with Crippen LogP contribution in [-0.2, 0) is 20.9 Å². The number of ether oxygens (including phenoxy) is 3. The van der Waals surface area contributed by atoms with Crippen molar-refractivity contribution < 1.29 is 28.6 Å². The van der Waals surface area contributed by atoms with Crippen molar-refractivity contribution in [2.24, 2.45) is 0 Å². The summed E-state index contributed by atoms with van der Waals surface area (Å²) >= 11 is 6.75. The number of imide groups is 1. The maximum atomic E-state index is 12.7. The van der Waals surface area contributed by atoms with Gasteiger partial charge in [0.2, 0.25) is 0 Å². The van der Waals surface area contributed by atoms with Gasteiger partial charge in [-0.1, -0.05) is 29.8 Å². The van der Waals surface area contributed by atoms with Gasteiger partial charge in [0.15, 0.2) is 18.1 Å². The number of methoxy groups -OCH3 is 2. The van der Waals surface area contributed by atoms with E-state index >= 15 is 0 Å². The summed E-state index contributed by atoms with van der Waals surface area (Å²) in [7, 11) is 2.73. The summed E-state index contributed by atoms with van der Waals surface area (Å²) in [6, 6.07) is 11.9. The number of halogens is 1. The number of carbonyl (C=O) groups is 3. The van der Waals surface area contributed by atoms with E-state index in [2.05, 4.69) is 4.74 Å². The molecule has 0 bridgehead atoms. The van der Waals surface area contributed by atoms with Crippen molar-refractivity contribution in [1.29, 1.82) is 0 Å². The first-order chi connectivity index (χ1) is 14.4. The summed E-state index contributed by atoms with van der Waals surface area (Å²) in [5.74, 6) is -0.149. The second kappa shape index (κ2) is 9.69. The van der Waals surface area contributed by atoms with Crippen molar-refractivity contribution in [2.45, 2.75) is 6.54 Å². The lowest BCUT2D eigenvalue weighted by Crippen LogP contribution is -2.27. The van der Waals surface area contributed by atoms with E-state index in [4.69, 9.17) is 21.1 Å². The molecular formula is C21H18ClNO6S. The molecule has 0 aliphatic carbocycles. The van der Waals surface area contributed by atoms with Crippen LogP contribution in [0.4, 0.5) is 4.79 Å². The molecule has 9 heteroatoms. The minimum atomic E-state index is -0.518. The monoisotopic (exact) mass is 447 g/mol. The highest BCUT2D eigenvalue weighted by atomic mass is 35.5. The number of rotatable bonds is 7. The van der Waals surface area contributed by atoms with Crippen molar-refractivity contribution in [3.05, 3.63) is 63.5 Å². The quantitative estimate of drug-likeness (QED) is 0.466. The molecule has 0 spiro atoms. The molecule has 1 heterocycles. The molecule has 7 nitrogen and oxygen atoms in total. The fourth-order valence-electron chi connectivity index (χ4n) is 2.65. The molecule has 2 aromatic rings. The molecular weight excluding hydrogens is 430 g/mol. The molecule has 156 valence electrons. The first-order valence-electron chi connectivity index (χ1n) is 8.78. The van der Waals surface area contributed by atoms with Gasteiger partial charge >= 0.3 is 5.97 Å². The van der Waals surface area contributed by atoms with Crippen LogP contribution in [0, 0.1) is 0 Å². The highest BCUT2D eigenvalue weighted by Gasteiger charge is 2.35. The van der Waals surface area contributed by atoms with Crippen LogP contribution in [0.3, 0.4) is 0 Å². The maximum Gasteiger partial charge on any atom is 0.343 e. The lowest BCUT2D eigenvalue weighted by molar-refractivity contribution is -0.142. The molecule has 2 amide bonds. The van der Waals surface area contributed by atoms with Crippen molar-refractivity contribution in [3.63, 3.8) is 0 Å². The third kappa shape index (κ3) is 5.14. The Labute approximate surface area is 182 Å². The number of hydrogen-bond acceptors (Lipinski definition) is 7. The SMILES string of the molecule is COC(=O)COc1ccc(/C=C2\SC(=O)N(Cc3ccc(Cl)cc3)C2=O)cc1OC. The first-order valence-corrected chi connectivity index (χ1v) is 9.98. The minimum Gasteiger partial charge on any atom is -0.493 e. The second-order valence-electron chi connectivity index (χ2n) is 6.17. The molecule has 1 fully saturated rings. The van der Waals surface area contributed by atoms with Gasteiger partial charge in [0.1, 0.15) is 0 Å². The smallest absolute Gasteiger partial charge is 0.343 e. The van der Waals surface area contributed by atoms with Crippen molar-refractivity contribution >= 4 is 46.6 Å². The van der Waals surface area contributed by atoms with Crippen LogP contribution in [0.1, 0.15) is 11.1 Å². The van der Waals surface area contributed by atoms with Gasteiger partial charge in [-0.3, -0.25) is 14.5 Å². The highest BCUT2D eigenvalue weighted by Crippen LogP contribution is 2.35. The van der Waals surface area contributed by atoms with Crippen molar-refractivity contribution in [3.8, 4) is 11.5 Å². The standard InChI is InChI=1S/C21H18ClNO6S/c1-27-17-9-14(5-8-16(17)29-12-19(24)28-2)10-18-20(25)23(21(26)30-18)11-13-3-6-15(22)7-4-13/h3-10H,11-12H2,1-2H3/b18-10-. The number of carbonyl (C=O) groups excluding carboxylic acids is 3. The molecule has 0 aromatic heterocycles. The summed E-state index contributed by atoms with van der Waals surface area (Å²) in [5.41, 5.74) is 1.45. The average molecular weight is 448 g/mol. The van der Waals surface area contributed by atoms with E-state index < -0.39 is 5.97 Å². The zero-order valence-corrected chi connectivity index (χ0v) is 17.8. The molecule has 0 N–H and O–H groups in total. The fourth-order valence-corrected chi connectivity index (χ4v) is 3.61. The van der Waals surface area contributed by atoms with E-state index in [0.717, 1.165) is 17.3 Å². The Morgan fingerprint density at radius 2 is 1.83 bits per heavy atom. The van der Waals surface area contributed by atoms with Gasteiger partial charge in [-0.25, -0.2) is 4.79 Å². The molecule has 2 aromatic carbocycles. The van der Waals surface area contributed by atoms with Crippen LogP contribution in [0.25, 0.3) is 6.08 Å². The summed E-state index contributed by atoms with van der Waals surface area (Å²) < 4.78 is 15.2. The Morgan fingerprint density at radius 3 is 2.50 bits per heavy atom. The maximum absolute atomic E-state index is 12.7. The van der Waals surface area contributed by atoms with Gasteiger partial charge in [0, 0.05) is 5.02 Å². The fraction of sp³-hybridized carbons (Fsp3) is 0.190. The van der Waals surface area contributed by atoms with E-state index in [1.807, 2.05) is 0 Å². The molecule has 0 radical (unpaired) electrons. The summed E-state index contributed by atoms with van der Waals surface area (Å²) in [6.45, 7) is -0.0847. The van der Waals surface area contributed by atoms with Gasteiger partial charge in [0.25, 0.3) is 11.1 Å². The molecule has 1 aliphatic heterocycles. The Kier molecular flexibility index (Phi) is 7.02. The van der Waals surface area contributed by atoms with Crippen LogP contribution in [0.15, 0.2) is 47.4 Å². The van der Waals surface area contributed by atoms with Crippen LogP contribution in [0.5, 0.6) is 11.5 Å². The zero-order valence-electron chi connectivity index (χ0n) is 16.2. The topological polar surface area (TPSA) is 82.1 Å². The second-order valence-corrected chi connectivity index (χ2v) is 7.60. The Hall–Kier alpha value is -2.97. The lowest BCUT2D eigenvalue weighted by Gasteiger charge is -2.12. The lowest BCUT2D eigenvalue weighted by atomic mass is 10.1. The van der Waals surface area contributed by atoms with Gasteiger partial charge in [0.05, 0.1) is 25.7 Å². The van der Waals surface area contributed by atoms with Crippen LogP contribution < -0.4 is 9.47 Å². The number of nitrogens with zero attached hydrogens (tertiary/aromatic N) is 1. The molecule has 0 atom stereocenters. The van der Waals surface area contributed by atoms with E-state index in [1.54, 1.807) is 48.5 Å². The largest absolute Gasteiger partial charge is 0.493 e. The predicted octanol–water partition coefficient (Wildman–Crippen LogP) is 4.14. The first kappa shape index (κ1) is 21.7. The Balaban J connectivity index is 1.76. The van der Waals surface area contributed by atoms with E-state index in [1.165, 1.54) is 19.1 Å². The number of esters is 1. The molecule has 1 saturated heterocycles. The highest BCUT2D eigenvalue weighted by molar-refractivity contribution is 8.18. The third-order valence-corrected chi connectivity index (χ3v) is 5.35. The van der Waals surface area contributed by atoms with Gasteiger partial charge in [-0.05, 0) is 53.2 Å². The minimum absolute atomic E-state index is 0.169. The number of amides is 2. The molecule has 0 saturated carbocycles. The van der Waals surface area contributed by atoms with Crippen molar-refractivity contribution in [1.82, 2.24) is 4.90 Å². The summed E-state index contributed by atoms with van der Waals surface area (Å²) in [6.07, 6.45) is 1.61. The Morgan fingerprint density at radius 1 is 1.10 bits per heavy atom. The number of hydrogen-bond donors (Lipinski definition) is 0. The van der Waals surface area contributed by atoms with E-state index in [-0.39, 0.29) is 24.3 Å². The molecule has 1 aliphatic rings. The van der Waals surface area contributed by atoms with Crippen LogP contribution in [0.2, 0.25) is 5.02 Å². The van der Waals surface area contributed by atoms with Crippen molar-refractivity contribution in [2.75, 3.05) is 20.8 Å². The predicted molar refractivity (Wildman–Crippen MR) is 113 cm³/mol. The molecule has 30 heavy (non-hydrogen) atoms. The summed E-state index contributed by atoms with van der Waals surface area (Å²) in [5, 5.41) is 0.243. The molecule has 3 rings (SSSR count). The zero-order chi connectivity index (χ0) is 21.7. The van der Waals surface area contributed by atoms with Gasteiger partial charge in [-0.15, -0.1) is 0 Å². The normalized spacial score (nSPS) is 14.9. The average Bonchev–Trinajstić information content (AvgIpc) is 3.01. The van der Waals surface area contributed by atoms with Crippen LogP contribution >= 0.6 is 23.4 Å². The molecule has 0 unspecified atom stereocenters. The Bertz CT molecular complexity index is 1010. The summed E-state index contributed by atoms with van der Waals surface area (Å²) in [4.78, 5) is 37.8. The van der Waals surface area contributed by atoms with E-state index in [9.17, 15) is 14.4 Å². The third-order valence-electron chi connectivity index (χ3n) is 4.19. The number of thioether (sulfide) groups is 1. The number of benzene rings is 2.